The van der Waals surface area contributed by atoms with Crippen LogP contribution < -0.4 is 0 Å². The molecule has 1 unspecified atom stereocenters. The minimum atomic E-state index is -4.37. The molecule has 1 N–H and O–H groups in total. The molecular weight excluding hydrogens is 269 g/mol. The largest absolute Gasteiger partial charge is 0.416 e. The standard InChI is InChI=1S/C14H15F3N2O/c1-2-19-7-6-18-13(19)12(20)9-10-4-3-5-11(8-10)14(15,16)17/h3-8,12,20H,2,9H2,1H3. The van der Waals surface area contributed by atoms with Gasteiger partial charge in [-0.3, -0.25) is 0 Å². The van der Waals surface area contributed by atoms with Crippen molar-refractivity contribution in [2.75, 3.05) is 0 Å². The summed E-state index contributed by atoms with van der Waals surface area (Å²) in [6.07, 6.45) is -1.91. The molecule has 108 valence electrons. The highest BCUT2D eigenvalue weighted by atomic mass is 19.4. The average molecular weight is 284 g/mol. The average Bonchev–Trinajstić information content (AvgIpc) is 2.86. The second-order valence-corrected chi connectivity index (χ2v) is 4.49. The van der Waals surface area contributed by atoms with Crippen LogP contribution in [0.15, 0.2) is 36.7 Å². The van der Waals surface area contributed by atoms with Crippen LogP contribution in [0.2, 0.25) is 0 Å². The molecule has 0 aliphatic carbocycles. The van der Waals surface area contributed by atoms with Gasteiger partial charge in [-0.15, -0.1) is 0 Å². The van der Waals surface area contributed by atoms with Gasteiger partial charge in [0.15, 0.2) is 0 Å². The van der Waals surface area contributed by atoms with E-state index >= 15 is 0 Å². The molecule has 0 amide bonds. The van der Waals surface area contributed by atoms with Crippen LogP contribution in [0.25, 0.3) is 0 Å². The summed E-state index contributed by atoms with van der Waals surface area (Å²) in [6.45, 7) is 2.55. The number of halogens is 3. The monoisotopic (exact) mass is 284 g/mol. The number of rotatable bonds is 4. The Bertz CT molecular complexity index is 578. The molecule has 0 aliphatic rings. The Labute approximate surface area is 114 Å². The lowest BCUT2D eigenvalue weighted by Crippen LogP contribution is -2.11. The maximum absolute atomic E-state index is 12.6. The Balaban J connectivity index is 2.18. The lowest BCUT2D eigenvalue weighted by atomic mass is 10.0. The summed E-state index contributed by atoms with van der Waals surface area (Å²) in [4.78, 5) is 4.05. The van der Waals surface area contributed by atoms with Gasteiger partial charge >= 0.3 is 6.18 Å². The summed E-state index contributed by atoms with van der Waals surface area (Å²) in [5, 5.41) is 10.1. The molecule has 0 aliphatic heterocycles. The second-order valence-electron chi connectivity index (χ2n) is 4.49. The molecule has 0 fully saturated rings. The fraction of sp³-hybridized carbons (Fsp3) is 0.357. The molecule has 1 aromatic carbocycles. The molecule has 3 nitrogen and oxygen atoms in total. The van der Waals surface area contributed by atoms with Gasteiger partial charge in [0.05, 0.1) is 5.56 Å². The van der Waals surface area contributed by atoms with Crippen LogP contribution in [0.3, 0.4) is 0 Å². The summed E-state index contributed by atoms with van der Waals surface area (Å²) >= 11 is 0. The zero-order chi connectivity index (χ0) is 14.8. The number of hydrogen-bond donors (Lipinski definition) is 1. The Hall–Kier alpha value is -1.82. The van der Waals surface area contributed by atoms with Crippen LogP contribution in [-0.4, -0.2) is 14.7 Å². The molecule has 6 heteroatoms. The zero-order valence-corrected chi connectivity index (χ0v) is 10.9. The van der Waals surface area contributed by atoms with E-state index in [-0.39, 0.29) is 6.42 Å². The van der Waals surface area contributed by atoms with Gasteiger partial charge in [0.2, 0.25) is 0 Å². The maximum Gasteiger partial charge on any atom is 0.416 e. The van der Waals surface area contributed by atoms with E-state index in [1.165, 1.54) is 6.07 Å². The molecule has 0 saturated heterocycles. The van der Waals surface area contributed by atoms with Crippen LogP contribution in [0, 0.1) is 0 Å². The number of imidazole rings is 1. The normalized spacial score (nSPS) is 13.4. The molecule has 1 aromatic heterocycles. The number of aliphatic hydroxyl groups is 1. The van der Waals surface area contributed by atoms with Crippen LogP contribution >= 0.6 is 0 Å². The lowest BCUT2D eigenvalue weighted by Gasteiger charge is -2.13. The third-order valence-corrected chi connectivity index (χ3v) is 3.07. The number of aromatic nitrogens is 2. The third-order valence-electron chi connectivity index (χ3n) is 3.07. The molecular formula is C14H15F3N2O. The summed E-state index contributed by atoms with van der Waals surface area (Å²) in [5.41, 5.74) is -0.279. The van der Waals surface area contributed by atoms with Gasteiger partial charge in [0, 0.05) is 25.4 Å². The van der Waals surface area contributed by atoms with E-state index in [1.54, 1.807) is 23.0 Å². The second kappa shape index (κ2) is 5.66. The van der Waals surface area contributed by atoms with Gasteiger partial charge in [0.1, 0.15) is 11.9 Å². The molecule has 0 saturated carbocycles. The first-order valence-corrected chi connectivity index (χ1v) is 6.27. The molecule has 1 atom stereocenters. The van der Waals surface area contributed by atoms with Gasteiger partial charge in [-0.05, 0) is 18.6 Å². The highest BCUT2D eigenvalue weighted by Gasteiger charge is 2.30. The van der Waals surface area contributed by atoms with Crippen molar-refractivity contribution in [2.45, 2.75) is 32.2 Å². The van der Waals surface area contributed by atoms with Crippen molar-refractivity contribution >= 4 is 0 Å². The molecule has 0 bridgehead atoms. The topological polar surface area (TPSA) is 38.0 Å². The van der Waals surface area contributed by atoms with E-state index in [0.29, 0.717) is 17.9 Å². The number of aryl methyl sites for hydroxylation is 1. The van der Waals surface area contributed by atoms with Gasteiger partial charge in [0.25, 0.3) is 0 Å². The Kier molecular flexibility index (Phi) is 4.13. The van der Waals surface area contributed by atoms with Gasteiger partial charge in [-0.1, -0.05) is 18.2 Å². The maximum atomic E-state index is 12.6. The van der Waals surface area contributed by atoms with E-state index in [9.17, 15) is 18.3 Å². The number of aliphatic hydroxyl groups excluding tert-OH is 1. The van der Waals surface area contributed by atoms with E-state index in [1.807, 2.05) is 6.92 Å². The SMILES string of the molecule is CCn1ccnc1C(O)Cc1cccc(C(F)(F)F)c1. The van der Waals surface area contributed by atoms with E-state index in [0.717, 1.165) is 12.1 Å². The Morgan fingerprint density at radius 3 is 2.75 bits per heavy atom. The zero-order valence-electron chi connectivity index (χ0n) is 10.9. The molecule has 1 heterocycles. The van der Waals surface area contributed by atoms with Crippen molar-refractivity contribution < 1.29 is 18.3 Å². The van der Waals surface area contributed by atoms with Crippen LogP contribution in [0.1, 0.15) is 30.0 Å². The Morgan fingerprint density at radius 1 is 1.35 bits per heavy atom. The third kappa shape index (κ3) is 3.19. The molecule has 20 heavy (non-hydrogen) atoms. The first-order chi connectivity index (χ1) is 9.41. The number of hydrogen-bond acceptors (Lipinski definition) is 2. The molecule has 0 radical (unpaired) electrons. The summed E-state index contributed by atoms with van der Waals surface area (Å²) in [5.74, 6) is 0.463. The fourth-order valence-electron chi connectivity index (χ4n) is 2.07. The lowest BCUT2D eigenvalue weighted by molar-refractivity contribution is -0.137. The smallest absolute Gasteiger partial charge is 0.385 e. The van der Waals surface area contributed by atoms with Crippen LogP contribution in [0.5, 0.6) is 0 Å². The van der Waals surface area contributed by atoms with Crippen molar-refractivity contribution in [1.29, 1.82) is 0 Å². The summed E-state index contributed by atoms with van der Waals surface area (Å²) in [7, 11) is 0. The fourth-order valence-corrected chi connectivity index (χ4v) is 2.07. The molecule has 2 rings (SSSR count). The minimum absolute atomic E-state index is 0.0981. The number of alkyl halides is 3. The van der Waals surface area contributed by atoms with E-state index < -0.39 is 17.8 Å². The van der Waals surface area contributed by atoms with Crippen molar-refractivity contribution in [3.63, 3.8) is 0 Å². The summed E-state index contributed by atoms with van der Waals surface area (Å²) in [6, 6.07) is 4.99. The first kappa shape index (κ1) is 14.6. The van der Waals surface area contributed by atoms with Crippen LogP contribution in [0.4, 0.5) is 13.2 Å². The number of benzene rings is 1. The molecule has 0 spiro atoms. The van der Waals surface area contributed by atoms with E-state index in [4.69, 9.17) is 0 Å². The van der Waals surface area contributed by atoms with Crippen molar-refractivity contribution in [3.8, 4) is 0 Å². The van der Waals surface area contributed by atoms with Crippen molar-refractivity contribution in [3.05, 3.63) is 53.6 Å². The summed E-state index contributed by atoms with van der Waals surface area (Å²) < 4.78 is 39.6. The highest BCUT2D eigenvalue weighted by molar-refractivity contribution is 5.26. The Morgan fingerprint density at radius 2 is 2.10 bits per heavy atom. The van der Waals surface area contributed by atoms with Gasteiger partial charge in [-0.25, -0.2) is 4.98 Å². The minimum Gasteiger partial charge on any atom is -0.385 e. The number of nitrogens with zero attached hydrogens (tertiary/aromatic N) is 2. The first-order valence-electron chi connectivity index (χ1n) is 6.27. The molecule has 2 aromatic rings. The van der Waals surface area contributed by atoms with Gasteiger partial charge in [-0.2, -0.15) is 13.2 Å². The predicted molar refractivity (Wildman–Crippen MR) is 68.0 cm³/mol. The van der Waals surface area contributed by atoms with Crippen molar-refractivity contribution in [1.82, 2.24) is 9.55 Å². The van der Waals surface area contributed by atoms with E-state index in [2.05, 4.69) is 4.98 Å². The highest BCUT2D eigenvalue weighted by Crippen LogP contribution is 2.30. The van der Waals surface area contributed by atoms with Crippen molar-refractivity contribution in [2.24, 2.45) is 0 Å². The van der Waals surface area contributed by atoms with Gasteiger partial charge < -0.3 is 9.67 Å². The predicted octanol–water partition coefficient (Wildman–Crippen LogP) is 3.20. The van der Waals surface area contributed by atoms with Crippen LogP contribution in [-0.2, 0) is 19.1 Å². The quantitative estimate of drug-likeness (QED) is 0.936.